The topological polar surface area (TPSA) is 27.1 Å². The van der Waals surface area contributed by atoms with Crippen LogP contribution in [-0.2, 0) is 17.7 Å². The van der Waals surface area contributed by atoms with E-state index in [9.17, 15) is 0 Å². The van der Waals surface area contributed by atoms with Gasteiger partial charge in [0.1, 0.15) is 5.82 Å². The van der Waals surface area contributed by atoms with E-state index < -0.39 is 0 Å². The molecule has 1 unspecified atom stereocenters. The van der Waals surface area contributed by atoms with Gasteiger partial charge in [-0.15, -0.1) is 11.6 Å². The van der Waals surface area contributed by atoms with Crippen molar-refractivity contribution in [2.45, 2.75) is 25.8 Å². The van der Waals surface area contributed by atoms with Gasteiger partial charge in [0.2, 0.25) is 0 Å². The number of hydrogen-bond acceptors (Lipinski definition) is 2. The Morgan fingerprint density at radius 2 is 2.35 bits per heavy atom. The number of hydrogen-bond donors (Lipinski definition) is 0. The third-order valence-electron chi connectivity index (χ3n) is 3.89. The minimum atomic E-state index is 0.608. The third-order valence-corrected chi connectivity index (χ3v) is 4.57. The molecule has 3 nitrogen and oxygen atoms in total. The number of nitrogens with zero attached hydrogens (tertiary/aromatic N) is 2. The Balaban J connectivity index is 1.88. The standard InChI is InChI=1S/C15H18BrClN2O/c16-12-1-2-13-14(9-12)19(15(18-13)3-6-17)7-4-11-5-8-20-10-11/h1-2,9,11H,3-8,10H2. The van der Waals surface area contributed by atoms with Crippen LogP contribution in [0.25, 0.3) is 11.0 Å². The molecule has 0 radical (unpaired) electrons. The Hall–Kier alpha value is -0.580. The Kier molecular flexibility index (Phi) is 4.64. The summed E-state index contributed by atoms with van der Waals surface area (Å²) in [5.74, 6) is 2.38. The van der Waals surface area contributed by atoms with Crippen molar-refractivity contribution in [2.75, 3.05) is 19.1 Å². The van der Waals surface area contributed by atoms with E-state index in [1.165, 1.54) is 11.9 Å². The van der Waals surface area contributed by atoms with E-state index in [1.807, 2.05) is 6.07 Å². The summed E-state index contributed by atoms with van der Waals surface area (Å²) in [7, 11) is 0. The molecule has 2 heterocycles. The number of halogens is 2. The van der Waals surface area contributed by atoms with E-state index in [-0.39, 0.29) is 0 Å². The monoisotopic (exact) mass is 356 g/mol. The molecule has 2 aromatic rings. The number of aryl methyl sites for hydroxylation is 2. The summed E-state index contributed by atoms with van der Waals surface area (Å²) in [5.41, 5.74) is 2.24. The number of rotatable bonds is 5. The summed E-state index contributed by atoms with van der Waals surface area (Å²) in [6.07, 6.45) is 3.14. The Morgan fingerprint density at radius 1 is 1.45 bits per heavy atom. The Labute approximate surface area is 132 Å². The first-order valence-corrected chi connectivity index (χ1v) is 8.39. The molecule has 0 N–H and O–H groups in total. The van der Waals surface area contributed by atoms with Gasteiger partial charge < -0.3 is 9.30 Å². The molecule has 3 rings (SSSR count). The summed E-state index contributed by atoms with van der Waals surface area (Å²) in [6, 6.07) is 6.24. The summed E-state index contributed by atoms with van der Waals surface area (Å²) < 4.78 is 8.87. The summed E-state index contributed by atoms with van der Waals surface area (Å²) in [4.78, 5) is 4.72. The zero-order valence-corrected chi connectivity index (χ0v) is 13.7. The fourth-order valence-electron chi connectivity index (χ4n) is 2.79. The largest absolute Gasteiger partial charge is 0.381 e. The first-order valence-electron chi connectivity index (χ1n) is 7.06. The molecule has 0 bridgehead atoms. The smallest absolute Gasteiger partial charge is 0.111 e. The predicted octanol–water partition coefficient (Wildman–Crippen LogP) is 4.01. The summed E-state index contributed by atoms with van der Waals surface area (Å²) in [6.45, 7) is 2.81. The molecule has 1 fully saturated rings. The molecule has 108 valence electrons. The molecule has 5 heteroatoms. The molecule has 1 aromatic heterocycles. The molecule has 0 aliphatic carbocycles. The van der Waals surface area contributed by atoms with Crippen molar-refractivity contribution in [3.8, 4) is 0 Å². The lowest BCUT2D eigenvalue weighted by Gasteiger charge is -2.11. The summed E-state index contributed by atoms with van der Waals surface area (Å²) in [5, 5.41) is 0. The maximum absolute atomic E-state index is 5.91. The number of aromatic nitrogens is 2. The quantitative estimate of drug-likeness (QED) is 0.756. The zero-order chi connectivity index (χ0) is 13.9. The Bertz CT molecular complexity index is 593. The van der Waals surface area contributed by atoms with Gasteiger partial charge >= 0.3 is 0 Å². The van der Waals surface area contributed by atoms with Gasteiger partial charge in [-0.25, -0.2) is 4.98 Å². The van der Waals surface area contributed by atoms with Crippen LogP contribution in [0.3, 0.4) is 0 Å². The Morgan fingerprint density at radius 3 is 3.10 bits per heavy atom. The third kappa shape index (κ3) is 3.02. The second-order valence-corrected chi connectivity index (χ2v) is 6.56. The minimum absolute atomic E-state index is 0.608. The van der Waals surface area contributed by atoms with Gasteiger partial charge in [-0.2, -0.15) is 0 Å². The van der Waals surface area contributed by atoms with E-state index in [2.05, 4.69) is 32.6 Å². The molecule has 0 amide bonds. The van der Waals surface area contributed by atoms with Crippen molar-refractivity contribution in [1.82, 2.24) is 9.55 Å². The van der Waals surface area contributed by atoms with Gasteiger partial charge in [0.15, 0.2) is 0 Å². The van der Waals surface area contributed by atoms with E-state index in [0.717, 1.165) is 48.4 Å². The zero-order valence-electron chi connectivity index (χ0n) is 11.3. The van der Waals surface area contributed by atoms with Crippen LogP contribution in [0.1, 0.15) is 18.7 Å². The number of benzene rings is 1. The van der Waals surface area contributed by atoms with Gasteiger partial charge in [0, 0.05) is 36.5 Å². The van der Waals surface area contributed by atoms with Crippen molar-refractivity contribution in [3.63, 3.8) is 0 Å². The molecule has 1 atom stereocenters. The lowest BCUT2D eigenvalue weighted by atomic mass is 10.1. The van der Waals surface area contributed by atoms with E-state index in [4.69, 9.17) is 21.3 Å². The van der Waals surface area contributed by atoms with Crippen LogP contribution in [-0.4, -0.2) is 28.6 Å². The molecule has 1 aromatic carbocycles. The molecule has 0 spiro atoms. The van der Waals surface area contributed by atoms with Crippen LogP contribution in [0.15, 0.2) is 22.7 Å². The van der Waals surface area contributed by atoms with Gasteiger partial charge in [-0.3, -0.25) is 0 Å². The lowest BCUT2D eigenvalue weighted by molar-refractivity contribution is 0.183. The van der Waals surface area contributed by atoms with E-state index >= 15 is 0 Å². The highest BCUT2D eigenvalue weighted by Gasteiger charge is 2.17. The predicted molar refractivity (Wildman–Crippen MR) is 85.4 cm³/mol. The van der Waals surface area contributed by atoms with Crippen molar-refractivity contribution < 1.29 is 4.74 Å². The normalized spacial score (nSPS) is 19.0. The lowest BCUT2D eigenvalue weighted by Crippen LogP contribution is -2.09. The molecule has 0 saturated carbocycles. The molecule has 1 aliphatic heterocycles. The second-order valence-electron chi connectivity index (χ2n) is 5.27. The van der Waals surface area contributed by atoms with Gasteiger partial charge in [0.05, 0.1) is 11.0 Å². The van der Waals surface area contributed by atoms with Crippen LogP contribution in [0, 0.1) is 5.92 Å². The highest BCUT2D eigenvalue weighted by Crippen LogP contribution is 2.24. The fraction of sp³-hybridized carbons (Fsp3) is 0.533. The number of imidazole rings is 1. The number of alkyl halides is 1. The average Bonchev–Trinajstić information content (AvgIpc) is 3.04. The van der Waals surface area contributed by atoms with Crippen LogP contribution >= 0.6 is 27.5 Å². The van der Waals surface area contributed by atoms with Crippen LogP contribution in [0.5, 0.6) is 0 Å². The van der Waals surface area contributed by atoms with Gasteiger partial charge in [-0.05, 0) is 37.0 Å². The van der Waals surface area contributed by atoms with Crippen LogP contribution < -0.4 is 0 Å². The van der Waals surface area contributed by atoms with Gasteiger partial charge in [0.25, 0.3) is 0 Å². The number of fused-ring (bicyclic) bond motifs is 1. The number of ether oxygens (including phenoxy) is 1. The highest BCUT2D eigenvalue weighted by atomic mass is 79.9. The van der Waals surface area contributed by atoms with Crippen molar-refractivity contribution in [2.24, 2.45) is 5.92 Å². The first kappa shape index (κ1) is 14.4. The van der Waals surface area contributed by atoms with E-state index in [0.29, 0.717) is 11.8 Å². The summed E-state index contributed by atoms with van der Waals surface area (Å²) >= 11 is 9.46. The molecule has 1 saturated heterocycles. The van der Waals surface area contributed by atoms with Crippen molar-refractivity contribution >= 4 is 38.6 Å². The molecular weight excluding hydrogens is 340 g/mol. The molecule has 20 heavy (non-hydrogen) atoms. The van der Waals surface area contributed by atoms with Gasteiger partial charge in [-0.1, -0.05) is 15.9 Å². The average molecular weight is 358 g/mol. The maximum Gasteiger partial charge on any atom is 0.111 e. The van der Waals surface area contributed by atoms with Crippen LogP contribution in [0.4, 0.5) is 0 Å². The van der Waals surface area contributed by atoms with Crippen molar-refractivity contribution in [3.05, 3.63) is 28.5 Å². The first-order chi connectivity index (χ1) is 9.78. The van der Waals surface area contributed by atoms with Crippen molar-refractivity contribution in [1.29, 1.82) is 0 Å². The van der Waals surface area contributed by atoms with Crippen LogP contribution in [0.2, 0.25) is 0 Å². The van der Waals surface area contributed by atoms with E-state index in [1.54, 1.807) is 0 Å². The fourth-order valence-corrected chi connectivity index (χ4v) is 3.31. The molecule has 1 aliphatic rings. The minimum Gasteiger partial charge on any atom is -0.381 e. The molecular formula is C15H18BrClN2O. The SMILES string of the molecule is ClCCc1nc2ccc(Br)cc2n1CCC1CCOC1. The maximum atomic E-state index is 5.91. The highest BCUT2D eigenvalue weighted by molar-refractivity contribution is 9.10. The second kappa shape index (κ2) is 6.46.